The third-order valence-corrected chi connectivity index (χ3v) is 6.05. The fraction of sp³-hybridized carbons (Fsp3) is 0.538. The topological polar surface area (TPSA) is 63.4 Å². The van der Waals surface area contributed by atoms with E-state index in [1.807, 2.05) is 20.1 Å². The molecular formula is C13H22Cl2N2O2S2. The molecule has 0 aromatic heterocycles. The van der Waals surface area contributed by atoms with Crippen molar-refractivity contribution in [1.82, 2.24) is 4.31 Å². The Labute approximate surface area is 142 Å². The Hall–Kier alpha value is 0.0200. The average molecular weight is 373 g/mol. The van der Waals surface area contributed by atoms with Crippen molar-refractivity contribution in [2.75, 3.05) is 26.4 Å². The first kappa shape index (κ1) is 21.0. The summed E-state index contributed by atoms with van der Waals surface area (Å²) in [5, 5.41) is 0.449. The molecule has 1 aromatic carbocycles. The minimum absolute atomic E-state index is 0. The zero-order chi connectivity index (χ0) is 15.6. The van der Waals surface area contributed by atoms with Crippen molar-refractivity contribution in [3.05, 3.63) is 23.2 Å². The molecule has 0 spiro atoms. The van der Waals surface area contributed by atoms with Crippen LogP contribution >= 0.6 is 35.8 Å². The Morgan fingerprint density at radius 1 is 1.38 bits per heavy atom. The van der Waals surface area contributed by atoms with Gasteiger partial charge in [-0.25, -0.2) is 12.7 Å². The van der Waals surface area contributed by atoms with E-state index in [2.05, 4.69) is 0 Å². The first-order valence-corrected chi connectivity index (χ1v) is 9.18. The predicted molar refractivity (Wildman–Crippen MR) is 93.1 cm³/mol. The zero-order valence-corrected chi connectivity index (χ0v) is 15.8. The first-order chi connectivity index (χ1) is 9.14. The highest BCUT2D eigenvalue weighted by Gasteiger charge is 2.27. The van der Waals surface area contributed by atoms with Gasteiger partial charge in [0, 0.05) is 18.5 Å². The van der Waals surface area contributed by atoms with Gasteiger partial charge in [-0.1, -0.05) is 25.4 Å². The number of hydrogen-bond donors (Lipinski definition) is 1. The van der Waals surface area contributed by atoms with Crippen molar-refractivity contribution in [3.63, 3.8) is 0 Å². The second kappa shape index (κ2) is 8.04. The molecule has 0 unspecified atom stereocenters. The van der Waals surface area contributed by atoms with Crippen LogP contribution in [0.25, 0.3) is 0 Å². The largest absolute Gasteiger partial charge is 0.330 e. The average Bonchev–Trinajstić information content (AvgIpc) is 2.38. The minimum Gasteiger partial charge on any atom is -0.330 e. The van der Waals surface area contributed by atoms with Crippen LogP contribution in [0.3, 0.4) is 0 Å². The van der Waals surface area contributed by atoms with Crippen LogP contribution in [0.2, 0.25) is 5.02 Å². The van der Waals surface area contributed by atoms with E-state index in [9.17, 15) is 8.42 Å². The molecule has 0 saturated heterocycles. The van der Waals surface area contributed by atoms with E-state index in [-0.39, 0.29) is 22.7 Å². The highest BCUT2D eigenvalue weighted by molar-refractivity contribution is 7.98. The molecule has 1 rings (SSSR count). The number of benzene rings is 1. The van der Waals surface area contributed by atoms with Crippen molar-refractivity contribution >= 4 is 45.8 Å². The van der Waals surface area contributed by atoms with Crippen molar-refractivity contribution in [3.8, 4) is 0 Å². The molecule has 0 saturated carbocycles. The van der Waals surface area contributed by atoms with Gasteiger partial charge in [-0.2, -0.15) is 0 Å². The van der Waals surface area contributed by atoms with Crippen LogP contribution in [0.15, 0.2) is 28.0 Å². The second-order valence-corrected chi connectivity index (χ2v) is 8.73. The quantitative estimate of drug-likeness (QED) is 0.779. The molecule has 0 bridgehead atoms. The van der Waals surface area contributed by atoms with Gasteiger partial charge in [0.2, 0.25) is 10.0 Å². The molecule has 0 amide bonds. The Morgan fingerprint density at radius 3 is 2.38 bits per heavy atom. The monoisotopic (exact) mass is 372 g/mol. The molecule has 122 valence electrons. The lowest BCUT2D eigenvalue weighted by molar-refractivity contribution is 0.292. The predicted octanol–water partition coefficient (Wildman–Crippen LogP) is 3.09. The van der Waals surface area contributed by atoms with Gasteiger partial charge < -0.3 is 5.73 Å². The maximum absolute atomic E-state index is 12.5. The van der Waals surface area contributed by atoms with Gasteiger partial charge in [-0.15, -0.1) is 24.2 Å². The SMILES string of the molecule is CSc1ccc(S(=O)(=O)N(C)CC(C)(C)CN)cc1Cl.Cl. The Balaban J connectivity index is 0.00000400. The summed E-state index contributed by atoms with van der Waals surface area (Å²) in [6, 6.07) is 4.80. The molecule has 8 heteroatoms. The van der Waals surface area contributed by atoms with Crippen LogP contribution in [-0.4, -0.2) is 39.1 Å². The lowest BCUT2D eigenvalue weighted by Gasteiger charge is -2.28. The van der Waals surface area contributed by atoms with E-state index in [4.69, 9.17) is 17.3 Å². The highest BCUT2D eigenvalue weighted by atomic mass is 35.5. The van der Waals surface area contributed by atoms with Crippen molar-refractivity contribution in [2.45, 2.75) is 23.6 Å². The summed E-state index contributed by atoms with van der Waals surface area (Å²) in [7, 11) is -1.99. The van der Waals surface area contributed by atoms with Crippen LogP contribution in [-0.2, 0) is 10.0 Å². The fourth-order valence-corrected chi connectivity index (χ4v) is 4.06. The number of nitrogens with two attached hydrogens (primary N) is 1. The molecule has 0 aliphatic rings. The molecule has 0 atom stereocenters. The van der Waals surface area contributed by atoms with Crippen LogP contribution < -0.4 is 5.73 Å². The summed E-state index contributed by atoms with van der Waals surface area (Å²) >= 11 is 7.56. The standard InChI is InChI=1S/C13H21ClN2O2S2.ClH/c1-13(2,8-15)9-16(3)20(17,18)10-5-6-12(19-4)11(14)7-10;/h5-7H,8-9,15H2,1-4H3;1H. The zero-order valence-electron chi connectivity index (χ0n) is 12.6. The van der Waals surface area contributed by atoms with Crippen molar-refractivity contribution in [2.24, 2.45) is 11.1 Å². The van der Waals surface area contributed by atoms with Gasteiger partial charge in [-0.05, 0) is 36.4 Å². The minimum atomic E-state index is -3.55. The summed E-state index contributed by atoms with van der Waals surface area (Å²) < 4.78 is 26.3. The van der Waals surface area contributed by atoms with Crippen LogP contribution in [0.5, 0.6) is 0 Å². The Morgan fingerprint density at radius 2 is 1.95 bits per heavy atom. The molecule has 4 nitrogen and oxygen atoms in total. The number of sulfonamides is 1. The van der Waals surface area contributed by atoms with E-state index in [0.29, 0.717) is 18.1 Å². The third kappa shape index (κ3) is 5.30. The van der Waals surface area contributed by atoms with Gasteiger partial charge in [0.05, 0.1) is 9.92 Å². The van der Waals surface area contributed by atoms with Gasteiger partial charge in [0.25, 0.3) is 0 Å². The molecule has 0 aliphatic carbocycles. The lowest BCUT2D eigenvalue weighted by atomic mass is 9.94. The van der Waals surface area contributed by atoms with Crippen molar-refractivity contribution in [1.29, 1.82) is 0 Å². The number of hydrogen-bond acceptors (Lipinski definition) is 4. The van der Waals surface area contributed by atoms with E-state index < -0.39 is 10.0 Å². The number of rotatable bonds is 6. The smallest absolute Gasteiger partial charge is 0.242 e. The maximum atomic E-state index is 12.5. The summed E-state index contributed by atoms with van der Waals surface area (Å²) in [5.74, 6) is 0. The molecule has 0 aliphatic heterocycles. The summed E-state index contributed by atoms with van der Waals surface area (Å²) in [6.45, 7) is 4.64. The molecule has 0 heterocycles. The number of nitrogens with zero attached hydrogens (tertiary/aromatic N) is 1. The van der Waals surface area contributed by atoms with Crippen molar-refractivity contribution < 1.29 is 8.42 Å². The molecular weight excluding hydrogens is 351 g/mol. The van der Waals surface area contributed by atoms with E-state index in [0.717, 1.165) is 4.90 Å². The summed E-state index contributed by atoms with van der Waals surface area (Å²) in [6.07, 6.45) is 1.89. The molecule has 0 fully saturated rings. The Bertz CT molecular complexity index is 578. The lowest BCUT2D eigenvalue weighted by Crippen LogP contribution is -2.39. The summed E-state index contributed by atoms with van der Waals surface area (Å²) in [4.78, 5) is 1.06. The van der Waals surface area contributed by atoms with Gasteiger partial charge >= 0.3 is 0 Å². The number of halogens is 2. The van der Waals surface area contributed by atoms with Gasteiger partial charge in [0.1, 0.15) is 0 Å². The van der Waals surface area contributed by atoms with Gasteiger partial charge in [-0.3, -0.25) is 0 Å². The molecule has 1 aromatic rings. The van der Waals surface area contributed by atoms with E-state index >= 15 is 0 Å². The van der Waals surface area contributed by atoms with E-state index in [1.165, 1.54) is 22.1 Å². The van der Waals surface area contributed by atoms with Crippen LogP contribution in [0, 0.1) is 5.41 Å². The highest BCUT2D eigenvalue weighted by Crippen LogP contribution is 2.29. The van der Waals surface area contributed by atoms with Crippen LogP contribution in [0.1, 0.15) is 13.8 Å². The second-order valence-electron chi connectivity index (χ2n) is 5.43. The number of thioether (sulfide) groups is 1. The normalized spacial score (nSPS) is 12.3. The first-order valence-electron chi connectivity index (χ1n) is 6.14. The molecule has 0 radical (unpaired) electrons. The van der Waals surface area contributed by atoms with Gasteiger partial charge in [0.15, 0.2) is 0 Å². The maximum Gasteiger partial charge on any atom is 0.242 e. The Kier molecular flexibility index (Phi) is 8.04. The molecule has 2 N–H and O–H groups in total. The fourth-order valence-electron chi connectivity index (χ4n) is 1.74. The summed E-state index contributed by atoms with van der Waals surface area (Å²) in [5.41, 5.74) is 5.38. The molecule has 21 heavy (non-hydrogen) atoms. The van der Waals surface area contributed by atoms with E-state index in [1.54, 1.807) is 19.2 Å². The van der Waals surface area contributed by atoms with Crippen LogP contribution in [0.4, 0.5) is 0 Å². The third-order valence-electron chi connectivity index (χ3n) is 3.03.